The van der Waals surface area contributed by atoms with E-state index < -0.39 is 11.9 Å². The Morgan fingerprint density at radius 3 is 2.80 bits per heavy atom. The highest BCUT2D eigenvalue weighted by atomic mass is 19.1. The van der Waals surface area contributed by atoms with E-state index in [4.69, 9.17) is 9.47 Å². The van der Waals surface area contributed by atoms with Gasteiger partial charge in [0.2, 0.25) is 5.78 Å². The standard InChI is InChI=1S/C16H13FO3/c1-19-13-8-4-6-11(15(13)17)16(18)14-9-10-5-2-3-7-12(10)20-14/h2-8,14H,9H2,1H3. The molecule has 2 aromatic carbocycles. The fourth-order valence-electron chi connectivity index (χ4n) is 2.36. The quantitative estimate of drug-likeness (QED) is 0.806. The Bertz CT molecular complexity index is 642. The van der Waals surface area contributed by atoms with Crippen LogP contribution in [-0.4, -0.2) is 19.0 Å². The molecular formula is C16H13FO3. The second kappa shape index (κ2) is 4.96. The Balaban J connectivity index is 1.89. The number of rotatable bonds is 3. The summed E-state index contributed by atoms with van der Waals surface area (Å²) in [7, 11) is 1.37. The van der Waals surface area contributed by atoms with Gasteiger partial charge in [0.05, 0.1) is 12.7 Å². The molecule has 1 unspecified atom stereocenters. The summed E-state index contributed by atoms with van der Waals surface area (Å²) in [4.78, 5) is 12.4. The summed E-state index contributed by atoms with van der Waals surface area (Å²) in [6.07, 6.45) is -0.208. The van der Waals surface area contributed by atoms with Crippen LogP contribution in [0.2, 0.25) is 0 Å². The average Bonchev–Trinajstić information content (AvgIpc) is 2.90. The first-order valence-electron chi connectivity index (χ1n) is 6.32. The van der Waals surface area contributed by atoms with Crippen LogP contribution in [0.15, 0.2) is 42.5 Å². The van der Waals surface area contributed by atoms with Crippen molar-refractivity contribution in [2.24, 2.45) is 0 Å². The summed E-state index contributed by atoms with van der Waals surface area (Å²) >= 11 is 0. The van der Waals surface area contributed by atoms with Crippen LogP contribution >= 0.6 is 0 Å². The van der Waals surface area contributed by atoms with E-state index in [-0.39, 0.29) is 17.1 Å². The molecule has 4 heteroatoms. The van der Waals surface area contributed by atoms with Crippen molar-refractivity contribution in [3.05, 3.63) is 59.4 Å². The van der Waals surface area contributed by atoms with Gasteiger partial charge in [-0.3, -0.25) is 4.79 Å². The Hall–Kier alpha value is -2.36. The lowest BCUT2D eigenvalue weighted by Gasteiger charge is -2.11. The second-order valence-electron chi connectivity index (χ2n) is 4.60. The topological polar surface area (TPSA) is 35.5 Å². The molecule has 0 saturated heterocycles. The number of methoxy groups -OCH3 is 1. The van der Waals surface area contributed by atoms with Crippen molar-refractivity contribution in [1.82, 2.24) is 0 Å². The molecule has 0 spiro atoms. The molecule has 0 N–H and O–H groups in total. The molecule has 0 radical (unpaired) electrons. The minimum atomic E-state index is -0.672. The van der Waals surface area contributed by atoms with Gasteiger partial charge in [0.1, 0.15) is 5.75 Å². The van der Waals surface area contributed by atoms with Crippen molar-refractivity contribution in [3.8, 4) is 11.5 Å². The summed E-state index contributed by atoms with van der Waals surface area (Å²) in [5.74, 6) is -0.252. The summed E-state index contributed by atoms with van der Waals surface area (Å²) in [6.45, 7) is 0. The molecule has 2 aromatic rings. The van der Waals surface area contributed by atoms with Gasteiger partial charge in [-0.05, 0) is 23.8 Å². The molecule has 1 aliphatic heterocycles. The van der Waals surface area contributed by atoms with E-state index in [0.29, 0.717) is 12.2 Å². The van der Waals surface area contributed by atoms with E-state index in [1.165, 1.54) is 19.2 Å². The summed E-state index contributed by atoms with van der Waals surface area (Å²) in [5.41, 5.74) is 0.969. The van der Waals surface area contributed by atoms with Gasteiger partial charge in [0.25, 0.3) is 0 Å². The van der Waals surface area contributed by atoms with Crippen molar-refractivity contribution >= 4 is 5.78 Å². The number of ketones is 1. The third-order valence-electron chi connectivity index (χ3n) is 3.39. The van der Waals surface area contributed by atoms with E-state index in [0.717, 1.165) is 5.56 Å². The Labute approximate surface area is 115 Å². The van der Waals surface area contributed by atoms with E-state index in [2.05, 4.69) is 0 Å². The molecule has 102 valence electrons. The van der Waals surface area contributed by atoms with Gasteiger partial charge in [0.15, 0.2) is 17.7 Å². The van der Waals surface area contributed by atoms with Crippen LogP contribution in [-0.2, 0) is 6.42 Å². The van der Waals surface area contributed by atoms with Crippen molar-refractivity contribution < 1.29 is 18.7 Å². The van der Waals surface area contributed by atoms with Crippen molar-refractivity contribution in [2.45, 2.75) is 12.5 Å². The number of fused-ring (bicyclic) bond motifs is 1. The lowest BCUT2D eigenvalue weighted by Crippen LogP contribution is -2.26. The maximum Gasteiger partial charge on any atom is 0.206 e. The number of Topliss-reactive ketones (excluding diaryl/α,β-unsaturated/α-hetero) is 1. The van der Waals surface area contributed by atoms with Crippen LogP contribution in [0.3, 0.4) is 0 Å². The zero-order valence-electron chi connectivity index (χ0n) is 10.9. The minimum Gasteiger partial charge on any atom is -0.494 e. The third-order valence-corrected chi connectivity index (χ3v) is 3.39. The maximum absolute atomic E-state index is 14.1. The number of hydrogen-bond donors (Lipinski definition) is 0. The van der Waals surface area contributed by atoms with E-state index >= 15 is 0 Å². The highest BCUT2D eigenvalue weighted by Crippen LogP contribution is 2.31. The largest absolute Gasteiger partial charge is 0.494 e. The monoisotopic (exact) mass is 272 g/mol. The van der Waals surface area contributed by atoms with Gasteiger partial charge in [-0.25, -0.2) is 4.39 Å². The van der Waals surface area contributed by atoms with Crippen LogP contribution < -0.4 is 9.47 Å². The van der Waals surface area contributed by atoms with Crippen molar-refractivity contribution in [1.29, 1.82) is 0 Å². The zero-order chi connectivity index (χ0) is 14.1. The second-order valence-corrected chi connectivity index (χ2v) is 4.60. The van der Waals surface area contributed by atoms with Gasteiger partial charge in [-0.2, -0.15) is 0 Å². The zero-order valence-corrected chi connectivity index (χ0v) is 10.9. The molecule has 0 bridgehead atoms. The summed E-state index contributed by atoms with van der Waals surface area (Å²) < 4.78 is 24.6. The highest BCUT2D eigenvalue weighted by Gasteiger charge is 2.31. The molecule has 3 nitrogen and oxygen atoms in total. The SMILES string of the molecule is COc1cccc(C(=O)C2Cc3ccccc3O2)c1F. The number of ether oxygens (including phenoxy) is 2. The first kappa shape index (κ1) is 12.7. The molecule has 1 atom stereocenters. The number of carbonyl (C=O) groups excluding carboxylic acids is 1. The molecule has 3 rings (SSSR count). The van der Waals surface area contributed by atoms with Crippen LogP contribution in [0, 0.1) is 5.82 Å². The predicted octanol–water partition coefficient (Wildman–Crippen LogP) is 3.02. The fourth-order valence-corrected chi connectivity index (χ4v) is 2.36. The number of hydrogen-bond acceptors (Lipinski definition) is 3. The van der Waals surface area contributed by atoms with Crippen LogP contribution in [0.1, 0.15) is 15.9 Å². The summed E-state index contributed by atoms with van der Waals surface area (Å²) in [6, 6.07) is 12.0. The normalized spacial score (nSPS) is 16.4. The molecule has 20 heavy (non-hydrogen) atoms. The molecule has 0 aromatic heterocycles. The number of halogens is 1. The van der Waals surface area contributed by atoms with Crippen molar-refractivity contribution in [3.63, 3.8) is 0 Å². The van der Waals surface area contributed by atoms with Gasteiger partial charge in [-0.15, -0.1) is 0 Å². The lowest BCUT2D eigenvalue weighted by molar-refractivity contribution is 0.0819. The molecule has 0 aliphatic carbocycles. The Morgan fingerprint density at radius 1 is 1.25 bits per heavy atom. The Kier molecular flexibility index (Phi) is 3.14. The van der Waals surface area contributed by atoms with E-state index in [1.807, 2.05) is 24.3 Å². The van der Waals surface area contributed by atoms with Gasteiger partial charge >= 0.3 is 0 Å². The number of benzene rings is 2. The van der Waals surface area contributed by atoms with Crippen LogP contribution in [0.5, 0.6) is 11.5 Å². The summed E-state index contributed by atoms with van der Waals surface area (Å²) in [5, 5.41) is 0. The molecule has 0 amide bonds. The minimum absolute atomic E-state index is 0.00200. The molecule has 1 heterocycles. The average molecular weight is 272 g/mol. The molecule has 1 aliphatic rings. The number of carbonyl (C=O) groups is 1. The van der Waals surface area contributed by atoms with Gasteiger partial charge in [-0.1, -0.05) is 24.3 Å². The smallest absolute Gasteiger partial charge is 0.206 e. The molecule has 0 saturated carbocycles. The van der Waals surface area contributed by atoms with Gasteiger partial charge in [0, 0.05) is 6.42 Å². The third kappa shape index (κ3) is 2.03. The van der Waals surface area contributed by atoms with Crippen molar-refractivity contribution in [2.75, 3.05) is 7.11 Å². The first-order valence-corrected chi connectivity index (χ1v) is 6.32. The highest BCUT2D eigenvalue weighted by molar-refractivity contribution is 6.00. The lowest BCUT2D eigenvalue weighted by atomic mass is 10.0. The molecular weight excluding hydrogens is 259 g/mol. The maximum atomic E-state index is 14.1. The first-order chi connectivity index (χ1) is 9.70. The van der Waals surface area contributed by atoms with E-state index in [9.17, 15) is 9.18 Å². The fraction of sp³-hybridized carbons (Fsp3) is 0.188. The predicted molar refractivity (Wildman–Crippen MR) is 71.8 cm³/mol. The molecule has 0 fully saturated rings. The van der Waals surface area contributed by atoms with E-state index in [1.54, 1.807) is 6.07 Å². The van der Waals surface area contributed by atoms with Gasteiger partial charge < -0.3 is 9.47 Å². The number of para-hydroxylation sites is 1. The Morgan fingerprint density at radius 2 is 2.05 bits per heavy atom. The van der Waals surface area contributed by atoms with Crippen LogP contribution in [0.25, 0.3) is 0 Å². The van der Waals surface area contributed by atoms with Crippen LogP contribution in [0.4, 0.5) is 4.39 Å².